The van der Waals surface area contributed by atoms with Gasteiger partial charge < -0.3 is 15.7 Å². The van der Waals surface area contributed by atoms with Crippen LogP contribution in [0.4, 0.5) is 5.69 Å². The smallest absolute Gasteiger partial charge is 0.126 e. The van der Waals surface area contributed by atoms with E-state index in [1.54, 1.807) is 11.8 Å². The number of aliphatic hydroxyl groups is 1. The molecule has 104 valence electrons. The van der Waals surface area contributed by atoms with Crippen LogP contribution in [0.1, 0.15) is 25.3 Å². The second-order valence-corrected chi connectivity index (χ2v) is 5.97. The molecule has 1 atom stereocenters. The lowest BCUT2D eigenvalue weighted by atomic mass is 10.1. The van der Waals surface area contributed by atoms with Gasteiger partial charge in [-0.15, -0.1) is 11.8 Å². The third kappa shape index (κ3) is 2.87. The summed E-state index contributed by atoms with van der Waals surface area (Å²) in [7, 11) is 0. The molecule has 1 aromatic carbocycles. The Balaban J connectivity index is 2.44. The first-order chi connectivity index (χ1) is 9.19. The summed E-state index contributed by atoms with van der Waals surface area (Å²) in [5.74, 6) is 1.06. The van der Waals surface area contributed by atoms with E-state index in [-0.39, 0.29) is 18.5 Å². The van der Waals surface area contributed by atoms with Crippen molar-refractivity contribution in [3.63, 3.8) is 0 Å². The molecule has 4 N–H and O–H groups in total. The van der Waals surface area contributed by atoms with Crippen LogP contribution in [-0.2, 0) is 0 Å². The number of anilines is 1. The van der Waals surface area contributed by atoms with Crippen LogP contribution < -0.4 is 10.6 Å². The molecule has 1 aliphatic rings. The van der Waals surface area contributed by atoms with Gasteiger partial charge in [-0.3, -0.25) is 5.41 Å². The minimum absolute atomic E-state index is 0.107. The highest BCUT2D eigenvalue weighted by molar-refractivity contribution is 7.99. The molecule has 1 aromatic rings. The standard InChI is InChI=1S/C14H21N3OS/c1-2-19-12-7-3-6-11(13(12)14(15)16)17-8-4-5-10(17)9-18/h3,6-7,10,18H,2,4-5,8-9H2,1H3,(H3,15,16). The number of nitrogens with zero attached hydrogens (tertiary/aromatic N) is 1. The number of thioether (sulfide) groups is 1. The molecule has 0 bridgehead atoms. The molecule has 19 heavy (non-hydrogen) atoms. The number of nitrogen functional groups attached to an aromatic ring is 1. The highest BCUT2D eigenvalue weighted by Gasteiger charge is 2.27. The topological polar surface area (TPSA) is 73.3 Å². The SMILES string of the molecule is CCSc1cccc(N2CCCC2CO)c1C(=N)N. The molecule has 1 fully saturated rings. The Bertz CT molecular complexity index is 464. The van der Waals surface area contributed by atoms with Crippen LogP contribution in [0.15, 0.2) is 23.1 Å². The van der Waals surface area contributed by atoms with Crippen LogP contribution in [0.2, 0.25) is 0 Å². The molecule has 0 aliphatic carbocycles. The van der Waals surface area contributed by atoms with Crippen molar-refractivity contribution in [2.45, 2.75) is 30.7 Å². The van der Waals surface area contributed by atoms with Crippen molar-refractivity contribution in [3.05, 3.63) is 23.8 Å². The molecule has 5 heteroatoms. The maximum absolute atomic E-state index is 9.47. The highest BCUT2D eigenvalue weighted by atomic mass is 32.2. The molecule has 0 amide bonds. The Labute approximate surface area is 118 Å². The maximum Gasteiger partial charge on any atom is 0.126 e. The minimum atomic E-state index is 0.107. The zero-order chi connectivity index (χ0) is 13.8. The van der Waals surface area contributed by atoms with Crippen LogP contribution in [-0.4, -0.2) is 35.9 Å². The first-order valence-corrected chi connectivity index (χ1v) is 7.65. The van der Waals surface area contributed by atoms with E-state index in [2.05, 4.69) is 11.8 Å². The number of benzene rings is 1. The predicted octanol–water partition coefficient (Wildman–Crippen LogP) is 2.04. The normalized spacial score (nSPS) is 18.8. The van der Waals surface area contributed by atoms with E-state index in [0.717, 1.165) is 41.3 Å². The molecule has 1 saturated heterocycles. The Kier molecular flexibility index (Phi) is 4.71. The van der Waals surface area contributed by atoms with Gasteiger partial charge in [0.25, 0.3) is 0 Å². The van der Waals surface area contributed by atoms with Gasteiger partial charge in [-0.25, -0.2) is 0 Å². The molecule has 0 radical (unpaired) electrons. The number of hydrogen-bond acceptors (Lipinski definition) is 4. The van der Waals surface area contributed by atoms with Crippen molar-refractivity contribution >= 4 is 23.3 Å². The predicted molar refractivity (Wildman–Crippen MR) is 81.3 cm³/mol. The number of amidine groups is 1. The third-order valence-corrected chi connectivity index (χ3v) is 4.41. The molecule has 0 saturated carbocycles. The summed E-state index contributed by atoms with van der Waals surface area (Å²) in [6.07, 6.45) is 2.08. The first-order valence-electron chi connectivity index (χ1n) is 6.66. The van der Waals surface area contributed by atoms with Crippen molar-refractivity contribution in [1.29, 1.82) is 5.41 Å². The zero-order valence-corrected chi connectivity index (χ0v) is 12.0. The van der Waals surface area contributed by atoms with Gasteiger partial charge in [0.2, 0.25) is 0 Å². The van der Waals surface area contributed by atoms with Gasteiger partial charge in [0.05, 0.1) is 18.2 Å². The van der Waals surface area contributed by atoms with Crippen LogP contribution >= 0.6 is 11.8 Å². The van der Waals surface area contributed by atoms with Gasteiger partial charge in [0, 0.05) is 17.1 Å². The summed E-state index contributed by atoms with van der Waals surface area (Å²) >= 11 is 1.70. The monoisotopic (exact) mass is 279 g/mol. The summed E-state index contributed by atoms with van der Waals surface area (Å²) < 4.78 is 0. The number of nitrogens with one attached hydrogen (secondary N) is 1. The number of nitrogens with two attached hydrogens (primary N) is 1. The maximum atomic E-state index is 9.47. The van der Waals surface area contributed by atoms with Crippen molar-refractivity contribution in [2.24, 2.45) is 5.73 Å². The van der Waals surface area contributed by atoms with E-state index in [1.807, 2.05) is 18.2 Å². The minimum Gasteiger partial charge on any atom is -0.394 e. The fraction of sp³-hybridized carbons (Fsp3) is 0.500. The largest absolute Gasteiger partial charge is 0.394 e. The summed E-state index contributed by atoms with van der Waals surface area (Å²) in [4.78, 5) is 3.24. The Morgan fingerprint density at radius 2 is 2.37 bits per heavy atom. The lowest BCUT2D eigenvalue weighted by Crippen LogP contribution is -2.34. The molecule has 0 aromatic heterocycles. The van der Waals surface area contributed by atoms with E-state index in [9.17, 15) is 5.11 Å². The molecule has 1 aliphatic heterocycles. The zero-order valence-electron chi connectivity index (χ0n) is 11.2. The molecular weight excluding hydrogens is 258 g/mol. The van der Waals surface area contributed by atoms with Crippen LogP contribution in [0, 0.1) is 5.41 Å². The van der Waals surface area contributed by atoms with Gasteiger partial charge in [0.1, 0.15) is 5.84 Å². The van der Waals surface area contributed by atoms with Gasteiger partial charge in [-0.1, -0.05) is 13.0 Å². The number of rotatable bonds is 5. The van der Waals surface area contributed by atoms with Crippen LogP contribution in [0.5, 0.6) is 0 Å². The lowest BCUT2D eigenvalue weighted by molar-refractivity contribution is 0.266. The van der Waals surface area contributed by atoms with Crippen molar-refractivity contribution < 1.29 is 5.11 Å². The van der Waals surface area contributed by atoms with E-state index in [4.69, 9.17) is 11.1 Å². The lowest BCUT2D eigenvalue weighted by Gasteiger charge is -2.28. The van der Waals surface area contributed by atoms with Crippen LogP contribution in [0.3, 0.4) is 0 Å². The van der Waals surface area contributed by atoms with Crippen molar-refractivity contribution in [1.82, 2.24) is 0 Å². The van der Waals surface area contributed by atoms with Gasteiger partial charge in [-0.2, -0.15) is 0 Å². The van der Waals surface area contributed by atoms with E-state index in [0.29, 0.717) is 0 Å². The Morgan fingerprint density at radius 1 is 1.58 bits per heavy atom. The Hall–Kier alpha value is -1.20. The van der Waals surface area contributed by atoms with Crippen molar-refractivity contribution in [3.8, 4) is 0 Å². The van der Waals surface area contributed by atoms with Crippen LogP contribution in [0.25, 0.3) is 0 Å². The average molecular weight is 279 g/mol. The van der Waals surface area contributed by atoms with Gasteiger partial charge in [-0.05, 0) is 30.7 Å². The average Bonchev–Trinajstić information content (AvgIpc) is 2.86. The molecule has 4 nitrogen and oxygen atoms in total. The fourth-order valence-corrected chi connectivity index (χ4v) is 3.49. The van der Waals surface area contributed by atoms with E-state index < -0.39 is 0 Å². The molecule has 2 rings (SSSR count). The Morgan fingerprint density at radius 3 is 3.00 bits per heavy atom. The number of hydrogen-bond donors (Lipinski definition) is 3. The van der Waals surface area contributed by atoms with E-state index >= 15 is 0 Å². The number of aliphatic hydroxyl groups excluding tert-OH is 1. The molecule has 1 unspecified atom stereocenters. The summed E-state index contributed by atoms with van der Waals surface area (Å²) in [6.45, 7) is 3.17. The third-order valence-electron chi connectivity index (χ3n) is 3.47. The van der Waals surface area contributed by atoms with Gasteiger partial charge in [0.15, 0.2) is 0 Å². The molecular formula is C14H21N3OS. The highest BCUT2D eigenvalue weighted by Crippen LogP contribution is 2.34. The fourth-order valence-electron chi connectivity index (χ4n) is 2.65. The quantitative estimate of drug-likeness (QED) is 0.438. The first kappa shape index (κ1) is 14.2. The summed E-state index contributed by atoms with van der Waals surface area (Å²) in [5, 5.41) is 17.3. The second-order valence-electron chi connectivity index (χ2n) is 4.67. The van der Waals surface area contributed by atoms with Gasteiger partial charge >= 0.3 is 0 Å². The summed E-state index contributed by atoms with van der Waals surface area (Å²) in [6, 6.07) is 6.18. The second kappa shape index (κ2) is 6.30. The molecule has 1 heterocycles. The molecule has 0 spiro atoms. The summed E-state index contributed by atoms with van der Waals surface area (Å²) in [5.41, 5.74) is 7.58. The van der Waals surface area contributed by atoms with Crippen molar-refractivity contribution in [2.75, 3.05) is 23.8 Å². The van der Waals surface area contributed by atoms with E-state index in [1.165, 1.54) is 0 Å².